The first-order valence-corrected chi connectivity index (χ1v) is 21.7. The van der Waals surface area contributed by atoms with Crippen LogP contribution in [0.15, 0.2) is 223 Å². The van der Waals surface area contributed by atoms with E-state index in [1.807, 2.05) is 12.1 Å². The van der Waals surface area contributed by atoms with Gasteiger partial charge in [-0.25, -0.2) is 0 Å². The lowest BCUT2D eigenvalue weighted by Gasteiger charge is -2.26. The molecule has 0 unspecified atom stereocenters. The molecule has 292 valence electrons. The van der Waals surface area contributed by atoms with Crippen molar-refractivity contribution < 1.29 is 4.42 Å². The number of furan rings is 1. The Balaban J connectivity index is 0.925. The summed E-state index contributed by atoms with van der Waals surface area (Å²) in [6.45, 7) is 0. The van der Waals surface area contributed by atoms with E-state index in [-0.39, 0.29) is 0 Å². The number of benzene rings is 11. The third-order valence-corrected chi connectivity index (χ3v) is 13.5. The van der Waals surface area contributed by atoms with Crippen molar-refractivity contribution in [3.05, 3.63) is 218 Å². The maximum Gasteiger partial charge on any atom is 0.136 e. The van der Waals surface area contributed by atoms with Gasteiger partial charge in [0.2, 0.25) is 0 Å². The van der Waals surface area contributed by atoms with Crippen molar-refractivity contribution in [2.24, 2.45) is 0 Å². The van der Waals surface area contributed by atoms with Crippen LogP contribution >= 0.6 is 0 Å². The maximum absolute atomic E-state index is 6.28. The zero-order chi connectivity index (χ0) is 41.2. The summed E-state index contributed by atoms with van der Waals surface area (Å²) >= 11 is 0. The third kappa shape index (κ3) is 5.02. The van der Waals surface area contributed by atoms with Gasteiger partial charge in [-0.15, -0.1) is 0 Å². The molecule has 0 spiro atoms. The van der Waals surface area contributed by atoms with E-state index in [0.29, 0.717) is 0 Å². The number of para-hydroxylation sites is 3. The molecule has 63 heavy (non-hydrogen) atoms. The molecule has 0 amide bonds. The molecule has 11 aromatic carbocycles. The van der Waals surface area contributed by atoms with Gasteiger partial charge in [-0.3, -0.25) is 0 Å². The molecule has 0 atom stereocenters. The second-order valence-corrected chi connectivity index (χ2v) is 16.8. The van der Waals surface area contributed by atoms with E-state index < -0.39 is 0 Å². The summed E-state index contributed by atoms with van der Waals surface area (Å²) in [5.74, 6) is 0. The minimum Gasteiger partial charge on any atom is -0.456 e. The van der Waals surface area contributed by atoms with Crippen LogP contribution in [0, 0.1) is 0 Å². The zero-order valence-corrected chi connectivity index (χ0v) is 34.1. The van der Waals surface area contributed by atoms with Gasteiger partial charge in [0.15, 0.2) is 0 Å². The molecule has 14 aromatic rings. The monoisotopic (exact) mass is 800 g/mol. The summed E-state index contributed by atoms with van der Waals surface area (Å²) < 4.78 is 8.73. The highest BCUT2D eigenvalue weighted by Gasteiger charge is 2.20. The highest BCUT2D eigenvalue weighted by Crippen LogP contribution is 2.44. The van der Waals surface area contributed by atoms with Gasteiger partial charge in [0.1, 0.15) is 11.2 Å². The fourth-order valence-corrected chi connectivity index (χ4v) is 10.6. The molecule has 0 N–H and O–H groups in total. The van der Waals surface area contributed by atoms with E-state index in [1.54, 1.807) is 0 Å². The van der Waals surface area contributed by atoms with Crippen molar-refractivity contribution in [2.45, 2.75) is 0 Å². The molecule has 14 rings (SSSR count). The van der Waals surface area contributed by atoms with Crippen LogP contribution in [-0.4, -0.2) is 4.40 Å². The van der Waals surface area contributed by atoms with E-state index >= 15 is 0 Å². The summed E-state index contributed by atoms with van der Waals surface area (Å²) in [4.78, 5) is 2.39. The van der Waals surface area contributed by atoms with Crippen molar-refractivity contribution in [3.8, 4) is 22.3 Å². The molecule has 3 heteroatoms. The minimum absolute atomic E-state index is 0.901. The molecule has 0 bridgehead atoms. The molecule has 0 saturated heterocycles. The summed E-state index contributed by atoms with van der Waals surface area (Å²) in [6.07, 6.45) is 0. The van der Waals surface area contributed by atoms with Gasteiger partial charge < -0.3 is 13.7 Å². The van der Waals surface area contributed by atoms with Gasteiger partial charge in [0, 0.05) is 49.4 Å². The fourth-order valence-electron chi connectivity index (χ4n) is 10.6. The van der Waals surface area contributed by atoms with Gasteiger partial charge in [0.25, 0.3) is 0 Å². The topological polar surface area (TPSA) is 20.8 Å². The molecule has 3 aromatic heterocycles. The zero-order valence-electron chi connectivity index (χ0n) is 34.1. The highest BCUT2D eigenvalue weighted by atomic mass is 16.3. The predicted molar refractivity (Wildman–Crippen MR) is 266 cm³/mol. The standard InChI is InChI=1S/C60H36N2O/c1-2-13-46-44(11-1)45-12-3-4-14-47(45)53-36-43(30-32-48(46)53)61(41-26-21-37(22-27-41)39-25-31-52-51-17-7-10-20-58(51)63-59(52)35-39)42-28-23-38(24-29-42)40-33-54-49-15-5-8-18-56(49)62-57-19-9-6-16-50(57)55(34-40)60(54)62/h1-36H. The molecule has 0 aliphatic heterocycles. The van der Waals surface area contributed by atoms with Gasteiger partial charge >= 0.3 is 0 Å². The smallest absolute Gasteiger partial charge is 0.136 e. The average Bonchev–Trinajstić information content (AvgIpc) is 4.01. The Morgan fingerprint density at radius 3 is 1.30 bits per heavy atom. The van der Waals surface area contributed by atoms with Crippen molar-refractivity contribution in [1.82, 2.24) is 4.40 Å². The Kier molecular flexibility index (Phi) is 7.11. The summed E-state index contributed by atoms with van der Waals surface area (Å²) in [5, 5.41) is 15.0. The first kappa shape index (κ1) is 34.3. The quantitative estimate of drug-likeness (QED) is 0.162. The molecule has 3 heterocycles. The van der Waals surface area contributed by atoms with Crippen LogP contribution in [0.2, 0.25) is 0 Å². The van der Waals surface area contributed by atoms with Crippen molar-refractivity contribution >= 4 is 109 Å². The number of rotatable bonds is 5. The minimum atomic E-state index is 0.901. The Morgan fingerprint density at radius 1 is 0.270 bits per heavy atom. The van der Waals surface area contributed by atoms with E-state index in [4.69, 9.17) is 4.42 Å². The lowest BCUT2D eigenvalue weighted by molar-refractivity contribution is 0.669. The molecule has 0 aliphatic rings. The Labute approximate surface area is 362 Å². The molecule has 0 fully saturated rings. The van der Waals surface area contributed by atoms with Gasteiger partial charge in [-0.2, -0.15) is 0 Å². The SMILES string of the molecule is c1ccc2c(c1)oc1cc(-c3ccc(N(c4ccc(-c5cc6c7ccccc7n7c8ccccc8c(c5)c67)cc4)c4ccc5c6ccccc6c6ccccc6c5c4)cc3)ccc12. The Morgan fingerprint density at radius 2 is 0.698 bits per heavy atom. The first-order chi connectivity index (χ1) is 31.2. The van der Waals surface area contributed by atoms with Gasteiger partial charge in [-0.1, -0.05) is 140 Å². The average molecular weight is 801 g/mol. The van der Waals surface area contributed by atoms with E-state index in [0.717, 1.165) is 50.1 Å². The van der Waals surface area contributed by atoms with Crippen LogP contribution in [0.1, 0.15) is 0 Å². The highest BCUT2D eigenvalue weighted by molar-refractivity contribution is 6.26. The maximum atomic E-state index is 6.28. The van der Waals surface area contributed by atoms with Crippen LogP contribution in [0.25, 0.3) is 115 Å². The lowest BCUT2D eigenvalue weighted by Crippen LogP contribution is -2.10. The normalized spacial score (nSPS) is 12.1. The molecular weight excluding hydrogens is 765 g/mol. The summed E-state index contributed by atoms with van der Waals surface area (Å²) in [6, 6.07) is 79.8. The lowest BCUT2D eigenvalue weighted by atomic mass is 9.94. The van der Waals surface area contributed by atoms with E-state index in [2.05, 4.69) is 216 Å². The van der Waals surface area contributed by atoms with E-state index in [1.165, 1.54) is 81.5 Å². The summed E-state index contributed by atoms with van der Waals surface area (Å²) in [7, 11) is 0. The van der Waals surface area contributed by atoms with Gasteiger partial charge in [-0.05, 0) is 133 Å². The van der Waals surface area contributed by atoms with Crippen molar-refractivity contribution in [3.63, 3.8) is 0 Å². The molecular formula is C60H36N2O. The predicted octanol–water partition coefficient (Wildman–Crippen LogP) is 17.0. The van der Waals surface area contributed by atoms with E-state index in [9.17, 15) is 0 Å². The van der Waals surface area contributed by atoms with Crippen LogP contribution in [0.3, 0.4) is 0 Å². The first-order valence-electron chi connectivity index (χ1n) is 21.7. The summed E-state index contributed by atoms with van der Waals surface area (Å²) in [5.41, 5.74) is 13.5. The largest absolute Gasteiger partial charge is 0.456 e. The Hall–Kier alpha value is -8.40. The second kappa shape index (κ2) is 13.1. The third-order valence-electron chi connectivity index (χ3n) is 13.5. The molecule has 3 nitrogen and oxygen atoms in total. The van der Waals surface area contributed by atoms with Crippen molar-refractivity contribution in [1.29, 1.82) is 0 Å². The number of aromatic nitrogens is 1. The number of fused-ring (bicyclic) bond motifs is 15. The van der Waals surface area contributed by atoms with Crippen molar-refractivity contribution in [2.75, 3.05) is 4.90 Å². The number of hydrogen-bond acceptors (Lipinski definition) is 2. The van der Waals surface area contributed by atoms with Crippen LogP contribution in [-0.2, 0) is 0 Å². The number of nitrogens with zero attached hydrogens (tertiary/aromatic N) is 2. The van der Waals surface area contributed by atoms with Gasteiger partial charge in [0.05, 0.1) is 16.6 Å². The van der Waals surface area contributed by atoms with Crippen LogP contribution < -0.4 is 4.90 Å². The molecule has 0 radical (unpaired) electrons. The Bertz CT molecular complexity index is 4020. The van der Waals surface area contributed by atoms with Crippen LogP contribution in [0.4, 0.5) is 17.1 Å². The molecule has 0 aliphatic carbocycles. The molecule has 0 saturated carbocycles. The number of anilines is 3. The second-order valence-electron chi connectivity index (χ2n) is 16.8. The number of hydrogen-bond donors (Lipinski definition) is 0. The fraction of sp³-hybridized carbons (Fsp3) is 0. The van der Waals surface area contributed by atoms with Crippen LogP contribution in [0.5, 0.6) is 0 Å².